The molecule has 0 aromatic rings. The van der Waals surface area contributed by atoms with Gasteiger partial charge in [0.1, 0.15) is 13.2 Å². The van der Waals surface area contributed by atoms with Crippen LogP contribution in [0.2, 0.25) is 0 Å². The summed E-state index contributed by atoms with van der Waals surface area (Å²) in [6.45, 7) is 4.66. The van der Waals surface area contributed by atoms with Crippen molar-refractivity contribution >= 4 is 13.7 Å². The van der Waals surface area contributed by atoms with Crippen molar-refractivity contribution in [2.75, 3.05) is 40.9 Å². The van der Waals surface area contributed by atoms with Crippen molar-refractivity contribution in [2.45, 2.75) is 180 Å². The normalized spacial score (nSPS) is 14.8. The lowest BCUT2D eigenvalue weighted by atomic mass is 10.0. The summed E-state index contributed by atoms with van der Waals surface area (Å²) < 4.78 is 23.1. The highest BCUT2D eigenvalue weighted by molar-refractivity contribution is 7.45. The van der Waals surface area contributed by atoms with Gasteiger partial charge in [-0.1, -0.05) is 135 Å². The molecule has 0 radical (unpaired) electrons. The number of hydrogen-bond acceptors (Lipinski definition) is 6. The van der Waals surface area contributed by atoms with E-state index in [2.05, 4.69) is 31.3 Å². The minimum atomic E-state index is -4.55. The number of allylic oxidation sites excluding steroid dienone is 2. The van der Waals surface area contributed by atoms with Crippen LogP contribution in [-0.2, 0) is 18.4 Å². The molecule has 0 rings (SSSR count). The first-order chi connectivity index (χ1) is 22.0. The molecule has 0 fully saturated rings. The van der Waals surface area contributed by atoms with E-state index >= 15 is 0 Å². The monoisotopic (exact) mass is 675 g/mol. The third-order valence-electron chi connectivity index (χ3n) is 8.50. The fourth-order valence-electron chi connectivity index (χ4n) is 5.38. The van der Waals surface area contributed by atoms with Crippen molar-refractivity contribution in [1.82, 2.24) is 5.32 Å². The maximum absolute atomic E-state index is 12.7. The van der Waals surface area contributed by atoms with Gasteiger partial charge in [-0.2, -0.15) is 0 Å². The van der Waals surface area contributed by atoms with Crippen LogP contribution in [0.1, 0.15) is 168 Å². The molecular weight excluding hydrogens is 599 g/mol. The predicted molar refractivity (Wildman–Crippen MR) is 192 cm³/mol. The van der Waals surface area contributed by atoms with E-state index in [4.69, 9.17) is 9.05 Å². The van der Waals surface area contributed by atoms with E-state index in [0.717, 1.165) is 51.4 Å². The van der Waals surface area contributed by atoms with Crippen molar-refractivity contribution in [1.29, 1.82) is 0 Å². The van der Waals surface area contributed by atoms with Gasteiger partial charge in [0.05, 0.1) is 39.9 Å². The molecule has 0 aliphatic heterocycles. The molecule has 0 bridgehead atoms. The Bertz CT molecular complexity index is 773. The number of phosphoric ester groups is 1. The average Bonchev–Trinajstić information content (AvgIpc) is 2.99. The van der Waals surface area contributed by atoms with Crippen LogP contribution in [0.25, 0.3) is 0 Å². The second-order valence-electron chi connectivity index (χ2n) is 14.3. The number of likely N-dealkylation sites (N-methyl/N-ethyl adjacent to an activating group) is 1. The predicted octanol–water partition coefficient (Wildman–Crippen LogP) is 9.00. The van der Waals surface area contributed by atoms with Crippen molar-refractivity contribution < 1.29 is 32.9 Å². The molecule has 2 N–H and O–H groups in total. The number of hydrogen-bond donors (Lipinski definition) is 2. The number of carbonyl (C=O) groups is 1. The molecule has 0 saturated heterocycles. The number of phosphoric acid groups is 1. The van der Waals surface area contributed by atoms with Crippen molar-refractivity contribution in [2.24, 2.45) is 0 Å². The molecule has 274 valence electrons. The van der Waals surface area contributed by atoms with E-state index in [1.165, 1.54) is 89.9 Å². The van der Waals surface area contributed by atoms with Gasteiger partial charge in [-0.15, -0.1) is 0 Å². The number of amides is 1. The number of nitrogens with one attached hydrogen (secondary N) is 1. The first-order valence-corrected chi connectivity index (χ1v) is 20.5. The Labute approximate surface area is 284 Å². The van der Waals surface area contributed by atoms with Gasteiger partial charge >= 0.3 is 0 Å². The highest BCUT2D eigenvalue weighted by atomic mass is 31.2. The summed E-state index contributed by atoms with van der Waals surface area (Å²) in [5.41, 5.74) is 0. The second-order valence-corrected chi connectivity index (χ2v) is 15.7. The largest absolute Gasteiger partial charge is 0.756 e. The molecule has 0 aromatic heterocycles. The van der Waals surface area contributed by atoms with Gasteiger partial charge in [0.25, 0.3) is 7.82 Å². The summed E-state index contributed by atoms with van der Waals surface area (Å²) >= 11 is 0. The van der Waals surface area contributed by atoms with Crippen molar-refractivity contribution in [3.8, 4) is 0 Å². The number of aliphatic hydroxyl groups is 1. The molecule has 3 unspecified atom stereocenters. The molecule has 0 aromatic carbocycles. The number of rotatable bonds is 34. The van der Waals surface area contributed by atoms with Crippen LogP contribution in [0, 0.1) is 0 Å². The summed E-state index contributed by atoms with van der Waals surface area (Å²) in [5, 5.41) is 13.7. The number of unbranched alkanes of at least 4 members (excludes halogenated alkanes) is 19. The van der Waals surface area contributed by atoms with E-state index in [0.29, 0.717) is 23.9 Å². The van der Waals surface area contributed by atoms with E-state index in [-0.39, 0.29) is 19.1 Å². The molecule has 0 aliphatic carbocycles. The Balaban J connectivity index is 4.39. The van der Waals surface area contributed by atoms with Crippen LogP contribution in [0.3, 0.4) is 0 Å². The van der Waals surface area contributed by atoms with Crippen molar-refractivity contribution in [3.05, 3.63) is 12.2 Å². The number of nitrogens with zero attached hydrogens (tertiary/aromatic N) is 1. The van der Waals surface area contributed by atoms with Crippen LogP contribution >= 0.6 is 7.82 Å². The zero-order valence-corrected chi connectivity index (χ0v) is 31.7. The van der Waals surface area contributed by atoms with Gasteiger partial charge in [-0.3, -0.25) is 9.36 Å². The smallest absolute Gasteiger partial charge is 0.268 e. The number of quaternary nitrogens is 1. The van der Waals surface area contributed by atoms with Gasteiger partial charge < -0.3 is 28.8 Å². The molecule has 9 heteroatoms. The molecule has 1 amide bonds. The van der Waals surface area contributed by atoms with Gasteiger partial charge in [0.2, 0.25) is 5.91 Å². The fraction of sp³-hybridized carbons (Fsp3) is 0.919. The summed E-state index contributed by atoms with van der Waals surface area (Å²) in [6, 6.07) is -0.797. The van der Waals surface area contributed by atoms with E-state index in [1.807, 2.05) is 21.1 Å². The Morgan fingerprint density at radius 1 is 0.739 bits per heavy atom. The number of carbonyl (C=O) groups excluding carboxylic acids is 1. The number of aliphatic hydroxyl groups excluding tert-OH is 1. The molecule has 3 atom stereocenters. The van der Waals surface area contributed by atoms with Gasteiger partial charge in [0, 0.05) is 6.42 Å². The first kappa shape index (κ1) is 45.2. The van der Waals surface area contributed by atoms with E-state index in [1.54, 1.807) is 0 Å². The highest BCUT2D eigenvalue weighted by Gasteiger charge is 2.24. The molecule has 0 aliphatic rings. The highest BCUT2D eigenvalue weighted by Crippen LogP contribution is 2.38. The third kappa shape index (κ3) is 31.8. The minimum Gasteiger partial charge on any atom is -0.756 e. The lowest BCUT2D eigenvalue weighted by Gasteiger charge is -2.30. The zero-order valence-electron chi connectivity index (χ0n) is 30.8. The average molecular weight is 675 g/mol. The molecule has 46 heavy (non-hydrogen) atoms. The SMILES string of the molecule is CCCCCCCCC/C=C\CCCCCCCC(=O)NC(COP(=O)([O-])OCC[N+](C)(C)C)C(O)CCCCCCCCCC. The van der Waals surface area contributed by atoms with Gasteiger partial charge in [0.15, 0.2) is 0 Å². The van der Waals surface area contributed by atoms with Gasteiger partial charge in [-0.25, -0.2) is 0 Å². The van der Waals surface area contributed by atoms with E-state index in [9.17, 15) is 19.4 Å². The Kier molecular flexibility index (Phi) is 29.8. The maximum Gasteiger partial charge on any atom is 0.268 e. The Morgan fingerprint density at radius 2 is 1.20 bits per heavy atom. The summed E-state index contributed by atoms with van der Waals surface area (Å²) in [5.74, 6) is -0.177. The van der Waals surface area contributed by atoms with Crippen molar-refractivity contribution in [3.63, 3.8) is 0 Å². The second kappa shape index (κ2) is 30.3. The van der Waals surface area contributed by atoms with Crippen LogP contribution in [0.5, 0.6) is 0 Å². The topological polar surface area (TPSA) is 108 Å². The molecular formula is C37H75N2O6P. The lowest BCUT2D eigenvalue weighted by molar-refractivity contribution is -0.870. The lowest BCUT2D eigenvalue weighted by Crippen LogP contribution is -2.46. The molecule has 0 spiro atoms. The fourth-order valence-corrected chi connectivity index (χ4v) is 6.11. The quantitative estimate of drug-likeness (QED) is 0.0305. The Hall–Kier alpha value is -0.760. The van der Waals surface area contributed by atoms with E-state index < -0.39 is 20.0 Å². The Morgan fingerprint density at radius 3 is 1.70 bits per heavy atom. The van der Waals surface area contributed by atoms with Gasteiger partial charge in [-0.05, 0) is 38.5 Å². The molecule has 8 nitrogen and oxygen atoms in total. The third-order valence-corrected chi connectivity index (χ3v) is 9.47. The standard InChI is InChI=1S/C37H75N2O6P/c1-6-8-10-12-14-16-17-18-19-20-21-22-23-25-27-29-31-37(41)38-35(34-45-46(42,43)44-33-32-39(3,4)5)36(40)30-28-26-24-15-13-11-9-7-2/h19-20,35-36,40H,6-18,21-34H2,1-5H3,(H-,38,41,42,43)/b20-19-. The van der Waals surface area contributed by atoms with Crippen LogP contribution in [0.4, 0.5) is 0 Å². The van der Waals surface area contributed by atoms with Crippen LogP contribution < -0.4 is 10.2 Å². The molecule has 0 saturated carbocycles. The minimum absolute atomic E-state index is 0.0116. The van der Waals surface area contributed by atoms with Crippen LogP contribution in [-0.4, -0.2) is 68.5 Å². The summed E-state index contributed by atoms with van der Waals surface area (Å²) in [4.78, 5) is 25.1. The summed E-state index contributed by atoms with van der Waals surface area (Å²) in [7, 11) is 1.30. The zero-order chi connectivity index (χ0) is 34.4. The first-order valence-electron chi connectivity index (χ1n) is 19.0. The maximum atomic E-state index is 12.7. The molecule has 0 heterocycles. The summed E-state index contributed by atoms with van der Waals surface area (Å²) in [6.07, 6.45) is 30.7. The van der Waals surface area contributed by atoms with Crippen LogP contribution in [0.15, 0.2) is 12.2 Å².